The first-order valence-electron chi connectivity index (χ1n) is 8.57. The Morgan fingerprint density at radius 2 is 1.62 bits per heavy atom. The van der Waals surface area contributed by atoms with Crippen LogP contribution in [0.5, 0.6) is 0 Å². The average Bonchev–Trinajstić information content (AvgIpc) is 2.88. The van der Waals surface area contributed by atoms with Gasteiger partial charge in [-0.25, -0.2) is 9.18 Å². The van der Waals surface area contributed by atoms with Crippen molar-refractivity contribution in [1.29, 1.82) is 0 Å². The Kier molecular flexibility index (Phi) is 5.23. The number of halogens is 1. The molecule has 5 heteroatoms. The molecule has 0 unspecified atom stereocenters. The summed E-state index contributed by atoms with van der Waals surface area (Å²) < 4.78 is 21.5. The van der Waals surface area contributed by atoms with Crippen LogP contribution in [0.25, 0.3) is 10.9 Å². The fourth-order valence-electron chi connectivity index (χ4n) is 4.60. The molecule has 0 bridgehead atoms. The zero-order valence-corrected chi connectivity index (χ0v) is 16.7. The van der Waals surface area contributed by atoms with Crippen LogP contribution in [0.3, 0.4) is 0 Å². The van der Waals surface area contributed by atoms with Crippen LogP contribution in [-0.2, 0) is 4.74 Å². The smallest absolute Gasteiger partial charge is 0.340 e. The van der Waals surface area contributed by atoms with Crippen molar-refractivity contribution < 1.29 is 13.9 Å². The van der Waals surface area contributed by atoms with Gasteiger partial charge < -0.3 is 8.97 Å². The van der Waals surface area contributed by atoms with E-state index in [0.717, 1.165) is 10.9 Å². The second kappa shape index (κ2) is 6.71. The monoisotopic (exact) mass is 349 g/mol. The summed E-state index contributed by atoms with van der Waals surface area (Å²) in [7, 11) is -0.689. The van der Waals surface area contributed by atoms with Gasteiger partial charge in [-0.05, 0) is 46.4 Å². The molecule has 0 aliphatic rings. The molecular formula is C19H28FNO2Si. The van der Waals surface area contributed by atoms with E-state index >= 15 is 0 Å². The van der Waals surface area contributed by atoms with Gasteiger partial charge in [-0.3, -0.25) is 0 Å². The summed E-state index contributed by atoms with van der Waals surface area (Å²) in [4.78, 5) is 11.7. The van der Waals surface area contributed by atoms with Crippen LogP contribution >= 0.6 is 0 Å². The predicted molar refractivity (Wildman–Crippen MR) is 99.7 cm³/mol. The van der Waals surface area contributed by atoms with E-state index in [-0.39, 0.29) is 5.56 Å². The first-order chi connectivity index (χ1) is 11.2. The quantitative estimate of drug-likeness (QED) is 0.520. The van der Waals surface area contributed by atoms with Crippen LogP contribution in [0, 0.1) is 5.82 Å². The third-order valence-corrected chi connectivity index (χ3v) is 12.1. The molecule has 1 aromatic carbocycles. The van der Waals surface area contributed by atoms with Crippen molar-refractivity contribution in [2.45, 2.75) is 58.2 Å². The Bertz CT molecular complexity index is 727. The molecular weight excluding hydrogens is 321 g/mol. The number of methoxy groups -OCH3 is 1. The lowest BCUT2D eigenvalue weighted by atomic mass is 10.1. The van der Waals surface area contributed by atoms with Gasteiger partial charge in [0.05, 0.1) is 12.7 Å². The largest absolute Gasteiger partial charge is 0.465 e. The maximum absolute atomic E-state index is 14.5. The molecule has 0 atom stereocenters. The Morgan fingerprint density at radius 3 is 2.08 bits per heavy atom. The summed E-state index contributed by atoms with van der Waals surface area (Å²) in [5.74, 6) is -1.16. The van der Waals surface area contributed by atoms with E-state index in [9.17, 15) is 9.18 Å². The van der Waals surface area contributed by atoms with Gasteiger partial charge in [0, 0.05) is 5.52 Å². The third kappa shape index (κ3) is 2.69. The number of ether oxygens (including phenoxy) is 1. The number of aromatic nitrogens is 1. The van der Waals surface area contributed by atoms with Crippen molar-refractivity contribution in [2.24, 2.45) is 0 Å². The SMILES string of the molecule is COC(=O)c1cc2ccn([Si](C(C)C)(C(C)C)C(C)C)c2cc1F. The third-order valence-electron chi connectivity index (χ3n) is 5.38. The molecule has 0 aliphatic carbocycles. The highest BCUT2D eigenvalue weighted by Gasteiger charge is 2.45. The Balaban J connectivity index is 2.77. The van der Waals surface area contributed by atoms with Crippen LogP contribution in [0.15, 0.2) is 24.4 Å². The zero-order valence-electron chi connectivity index (χ0n) is 15.7. The molecule has 0 fully saturated rings. The van der Waals surface area contributed by atoms with Crippen LogP contribution in [0.4, 0.5) is 4.39 Å². The Hall–Kier alpha value is -1.62. The van der Waals surface area contributed by atoms with E-state index in [0.29, 0.717) is 16.6 Å². The van der Waals surface area contributed by atoms with Crippen molar-refractivity contribution in [3.05, 3.63) is 35.8 Å². The summed E-state index contributed by atoms with van der Waals surface area (Å²) in [5.41, 5.74) is 2.40. The topological polar surface area (TPSA) is 31.2 Å². The highest BCUT2D eigenvalue weighted by atomic mass is 28.3. The molecule has 0 saturated heterocycles. The van der Waals surface area contributed by atoms with E-state index in [1.54, 1.807) is 6.07 Å². The van der Waals surface area contributed by atoms with Crippen LogP contribution < -0.4 is 0 Å². The van der Waals surface area contributed by atoms with Gasteiger partial charge in [0.15, 0.2) is 8.24 Å². The van der Waals surface area contributed by atoms with E-state index < -0.39 is 20.0 Å². The fourth-order valence-corrected chi connectivity index (χ4v) is 11.2. The van der Waals surface area contributed by atoms with Crippen molar-refractivity contribution in [2.75, 3.05) is 7.11 Å². The Labute approximate surface area is 144 Å². The van der Waals surface area contributed by atoms with Gasteiger partial charge in [0.1, 0.15) is 5.82 Å². The highest BCUT2D eigenvalue weighted by Crippen LogP contribution is 2.44. The van der Waals surface area contributed by atoms with Crippen molar-refractivity contribution in [3.8, 4) is 0 Å². The van der Waals surface area contributed by atoms with Crippen molar-refractivity contribution in [3.63, 3.8) is 0 Å². The lowest BCUT2D eigenvalue weighted by Crippen LogP contribution is -2.51. The zero-order chi connectivity index (χ0) is 18.2. The first-order valence-corrected chi connectivity index (χ1v) is 10.7. The van der Waals surface area contributed by atoms with Gasteiger partial charge in [-0.1, -0.05) is 41.5 Å². The highest BCUT2D eigenvalue weighted by molar-refractivity contribution is 6.82. The van der Waals surface area contributed by atoms with Gasteiger partial charge in [-0.2, -0.15) is 0 Å². The number of hydrogen-bond donors (Lipinski definition) is 0. The number of nitrogens with zero attached hydrogens (tertiary/aromatic N) is 1. The number of fused-ring (bicyclic) bond motifs is 1. The van der Waals surface area contributed by atoms with Crippen molar-refractivity contribution >= 4 is 25.1 Å². The minimum atomic E-state index is -1.96. The summed E-state index contributed by atoms with van der Waals surface area (Å²) in [6, 6.07) is 5.08. The number of hydrogen-bond acceptors (Lipinski definition) is 2. The Morgan fingerprint density at radius 1 is 1.08 bits per heavy atom. The molecule has 3 nitrogen and oxygen atoms in total. The normalized spacial score (nSPS) is 12.6. The van der Waals surface area contributed by atoms with E-state index in [4.69, 9.17) is 0 Å². The summed E-state index contributed by atoms with van der Waals surface area (Å²) in [5, 5.41) is 0.885. The number of benzene rings is 1. The molecule has 1 aromatic heterocycles. The molecule has 2 rings (SSSR count). The molecule has 2 aromatic rings. The molecule has 24 heavy (non-hydrogen) atoms. The van der Waals surface area contributed by atoms with E-state index in [1.165, 1.54) is 13.2 Å². The van der Waals surface area contributed by atoms with Gasteiger partial charge >= 0.3 is 5.97 Å². The average molecular weight is 350 g/mol. The first kappa shape index (κ1) is 18.7. The molecule has 1 heterocycles. The molecule has 0 amide bonds. The predicted octanol–water partition coefficient (Wildman–Crippen LogP) is 5.59. The molecule has 0 saturated carbocycles. The number of esters is 1. The second-order valence-electron chi connectivity index (χ2n) is 7.42. The maximum atomic E-state index is 14.5. The van der Waals surface area contributed by atoms with Crippen molar-refractivity contribution in [1.82, 2.24) is 4.23 Å². The number of carbonyl (C=O) groups is 1. The molecule has 0 radical (unpaired) electrons. The van der Waals surface area contributed by atoms with Gasteiger partial charge in [0.2, 0.25) is 0 Å². The summed E-state index contributed by atoms with van der Waals surface area (Å²) in [6.45, 7) is 13.7. The van der Waals surface area contributed by atoms with Crippen LogP contribution in [-0.4, -0.2) is 25.5 Å². The van der Waals surface area contributed by atoms with Crippen LogP contribution in [0.1, 0.15) is 51.9 Å². The molecule has 0 aliphatic heterocycles. The summed E-state index contributed by atoms with van der Waals surface area (Å²) >= 11 is 0. The van der Waals surface area contributed by atoms with Crippen LogP contribution in [0.2, 0.25) is 16.6 Å². The minimum absolute atomic E-state index is 0.00587. The van der Waals surface area contributed by atoms with Gasteiger partial charge in [0.25, 0.3) is 0 Å². The molecule has 132 valence electrons. The molecule has 0 N–H and O–H groups in total. The molecule has 0 spiro atoms. The maximum Gasteiger partial charge on any atom is 0.340 e. The summed E-state index contributed by atoms with van der Waals surface area (Å²) in [6.07, 6.45) is 2.08. The van der Waals surface area contributed by atoms with Gasteiger partial charge in [-0.15, -0.1) is 0 Å². The number of rotatable bonds is 5. The standard InChI is InChI=1S/C19H28FNO2Si/c1-12(2)24(13(3)4,14(5)6)21-9-8-15-10-16(19(22)23-7)17(20)11-18(15)21/h8-14H,1-7H3. The van der Waals surface area contributed by atoms with E-state index in [2.05, 4.69) is 56.7 Å². The second-order valence-corrected chi connectivity index (χ2v) is 13.1. The number of carbonyl (C=O) groups excluding carboxylic acids is 1. The fraction of sp³-hybridized carbons (Fsp3) is 0.526. The lowest BCUT2D eigenvalue weighted by molar-refractivity contribution is 0.0595. The lowest BCUT2D eigenvalue weighted by Gasteiger charge is -2.44. The van der Waals surface area contributed by atoms with E-state index in [1.807, 2.05) is 6.07 Å². The minimum Gasteiger partial charge on any atom is -0.465 e.